The van der Waals surface area contributed by atoms with Crippen LogP contribution in [0.25, 0.3) is 11.0 Å². The van der Waals surface area contributed by atoms with Crippen LogP contribution in [0.15, 0.2) is 28.5 Å². The summed E-state index contributed by atoms with van der Waals surface area (Å²) in [6.45, 7) is 3.26. The van der Waals surface area contributed by atoms with Gasteiger partial charge in [-0.15, -0.1) is 0 Å². The second-order valence-corrected chi connectivity index (χ2v) is 13.0. The second kappa shape index (κ2) is 10.8. The smallest absolute Gasteiger partial charge is 0.269 e. The summed E-state index contributed by atoms with van der Waals surface area (Å²) in [6, 6.07) is 0.478. The fourth-order valence-electron chi connectivity index (χ4n) is 6.09. The zero-order valence-corrected chi connectivity index (χ0v) is 23.1. The van der Waals surface area contributed by atoms with E-state index in [-0.39, 0.29) is 23.7 Å². The van der Waals surface area contributed by atoms with Crippen molar-refractivity contribution in [3.63, 3.8) is 0 Å². The molecule has 3 fully saturated rings. The normalized spacial score (nSPS) is 27.8. The number of aliphatic hydroxyl groups is 1. The molecule has 0 radical (unpaired) electrons. The Hall–Kier alpha value is -2.48. The lowest BCUT2D eigenvalue weighted by atomic mass is 9.99. The summed E-state index contributed by atoms with van der Waals surface area (Å²) in [4.78, 5) is 24.1. The van der Waals surface area contributed by atoms with E-state index in [1.54, 1.807) is 13.0 Å². The molecule has 0 bridgehead atoms. The Morgan fingerprint density at radius 3 is 2.54 bits per heavy atom. The number of rotatable bonds is 7. The van der Waals surface area contributed by atoms with E-state index >= 15 is 0 Å². The number of alkyl halides is 2. The maximum atomic E-state index is 13.7. The van der Waals surface area contributed by atoms with E-state index in [2.05, 4.69) is 20.2 Å². The lowest BCUT2D eigenvalue weighted by Crippen LogP contribution is -2.42. The molecule has 2 saturated heterocycles. The number of likely N-dealkylation sites (N-methyl/N-ethyl adjacent to an activating group) is 1. The Bertz CT molecular complexity index is 1410. The van der Waals surface area contributed by atoms with E-state index in [0.717, 1.165) is 25.5 Å². The summed E-state index contributed by atoms with van der Waals surface area (Å²) in [5, 5.41) is 15.7. The Kier molecular flexibility index (Phi) is 7.79. The van der Waals surface area contributed by atoms with Crippen LogP contribution in [-0.4, -0.2) is 81.6 Å². The molecule has 0 spiro atoms. The van der Waals surface area contributed by atoms with Gasteiger partial charge in [-0.1, -0.05) is 6.08 Å². The molecule has 5 rings (SSSR count). The van der Waals surface area contributed by atoms with Crippen LogP contribution >= 0.6 is 0 Å². The van der Waals surface area contributed by atoms with Crippen molar-refractivity contribution in [2.75, 3.05) is 32.0 Å². The van der Waals surface area contributed by atoms with Gasteiger partial charge < -0.3 is 10.4 Å². The summed E-state index contributed by atoms with van der Waals surface area (Å²) in [6.07, 6.45) is 4.88. The first-order valence-corrected chi connectivity index (χ1v) is 15.0. The van der Waals surface area contributed by atoms with Crippen molar-refractivity contribution < 1.29 is 22.3 Å². The van der Waals surface area contributed by atoms with Crippen LogP contribution in [0.5, 0.6) is 0 Å². The molecule has 4 heterocycles. The molecular weight excluding hydrogens is 530 g/mol. The highest BCUT2D eigenvalue weighted by molar-refractivity contribution is 7.92. The van der Waals surface area contributed by atoms with Crippen LogP contribution in [0.3, 0.4) is 0 Å². The summed E-state index contributed by atoms with van der Waals surface area (Å²) in [7, 11) is -1.52. The van der Waals surface area contributed by atoms with Gasteiger partial charge in [0.15, 0.2) is 0 Å². The summed E-state index contributed by atoms with van der Waals surface area (Å²) in [5.74, 6) is 0.226. The number of anilines is 1. The second-order valence-electron chi connectivity index (χ2n) is 11.2. The highest BCUT2D eigenvalue weighted by atomic mass is 32.2. The van der Waals surface area contributed by atoms with Crippen molar-refractivity contribution in [1.82, 2.24) is 23.7 Å². The minimum atomic E-state index is -3.52. The maximum absolute atomic E-state index is 13.7. The number of aromatic nitrogens is 3. The summed E-state index contributed by atoms with van der Waals surface area (Å²) in [5.41, 5.74) is -2.53. The molecule has 214 valence electrons. The molecule has 13 heteroatoms. The number of halogens is 2. The van der Waals surface area contributed by atoms with Gasteiger partial charge in [-0.2, -0.15) is 9.29 Å². The van der Waals surface area contributed by atoms with Crippen LogP contribution < -0.4 is 10.9 Å². The van der Waals surface area contributed by atoms with Crippen molar-refractivity contribution in [3.05, 3.63) is 39.7 Å². The van der Waals surface area contributed by atoms with E-state index in [1.165, 1.54) is 20.5 Å². The highest BCUT2D eigenvalue weighted by Crippen LogP contribution is 2.40. The zero-order chi connectivity index (χ0) is 27.9. The average molecular weight is 567 g/mol. The molecule has 1 saturated carbocycles. The first-order chi connectivity index (χ1) is 18.5. The number of pyridine rings is 1. The molecule has 2 aromatic heterocycles. The van der Waals surface area contributed by atoms with Gasteiger partial charge in [0.1, 0.15) is 5.65 Å². The number of nitrogens with one attached hydrogen (secondary N) is 1. The van der Waals surface area contributed by atoms with Gasteiger partial charge in [0, 0.05) is 42.2 Å². The van der Waals surface area contributed by atoms with Crippen molar-refractivity contribution in [3.8, 4) is 0 Å². The number of nitrogens with zero attached hydrogens (tertiary/aromatic N) is 5. The lowest BCUT2D eigenvalue weighted by molar-refractivity contribution is 0.0261. The molecule has 2 aromatic rings. The van der Waals surface area contributed by atoms with Crippen molar-refractivity contribution in [2.45, 2.75) is 82.0 Å². The standard InChI is InChI=1S/C26H36F2N6O4S/c1-26(36)10-3-6-21(26)34-23-17(15-20(22(27)28)24(34)35)16-29-25(31-23)30-18-7-12-33(13-8-18)39(37,38)14-9-19-5-4-11-32(19)2/h9,14-16,18-19,21-22,36H,3-8,10-13H2,1-2H3,(H,29,30,31)/b14-9+/t19?,21-,26-/m1/s1. The minimum Gasteiger partial charge on any atom is -0.388 e. The first kappa shape index (κ1) is 28.1. The Morgan fingerprint density at radius 1 is 1.18 bits per heavy atom. The van der Waals surface area contributed by atoms with Gasteiger partial charge in [-0.25, -0.2) is 22.2 Å². The fraction of sp³-hybridized carbons (Fsp3) is 0.654. The van der Waals surface area contributed by atoms with Gasteiger partial charge in [0.05, 0.1) is 17.2 Å². The maximum Gasteiger partial charge on any atom is 0.269 e. The van der Waals surface area contributed by atoms with Gasteiger partial charge >= 0.3 is 0 Å². The molecule has 10 nitrogen and oxygen atoms in total. The molecule has 0 aromatic carbocycles. The first-order valence-electron chi connectivity index (χ1n) is 13.5. The molecule has 1 unspecified atom stereocenters. The number of hydrogen-bond acceptors (Lipinski definition) is 8. The van der Waals surface area contributed by atoms with Crippen LogP contribution in [0.1, 0.15) is 69.9 Å². The van der Waals surface area contributed by atoms with Crippen LogP contribution in [0.2, 0.25) is 0 Å². The topological polar surface area (TPSA) is 121 Å². The van der Waals surface area contributed by atoms with Crippen LogP contribution in [0.4, 0.5) is 14.7 Å². The number of hydrogen-bond donors (Lipinski definition) is 2. The number of piperidine rings is 1. The van der Waals surface area contributed by atoms with Crippen molar-refractivity contribution in [1.29, 1.82) is 0 Å². The molecule has 1 aliphatic carbocycles. The third kappa shape index (κ3) is 5.72. The summed E-state index contributed by atoms with van der Waals surface area (Å²) < 4.78 is 55.8. The molecule has 2 N–H and O–H groups in total. The van der Waals surface area contributed by atoms with Crippen LogP contribution in [-0.2, 0) is 10.0 Å². The van der Waals surface area contributed by atoms with E-state index in [9.17, 15) is 27.1 Å². The van der Waals surface area contributed by atoms with E-state index in [4.69, 9.17) is 0 Å². The predicted molar refractivity (Wildman–Crippen MR) is 144 cm³/mol. The SMILES string of the molecule is CN1CCCC1/C=C/S(=O)(=O)N1CCC(Nc2ncc3cc(C(F)F)c(=O)n([C@@H]4CCC[C@@]4(C)O)c3n2)CC1. The zero-order valence-electron chi connectivity index (χ0n) is 22.3. The minimum absolute atomic E-state index is 0.103. The monoisotopic (exact) mass is 566 g/mol. The van der Waals surface area contributed by atoms with Gasteiger partial charge in [-0.05, 0) is 71.5 Å². The van der Waals surface area contributed by atoms with Gasteiger partial charge in [0.2, 0.25) is 16.0 Å². The van der Waals surface area contributed by atoms with Crippen molar-refractivity contribution >= 4 is 27.0 Å². The Morgan fingerprint density at radius 2 is 1.92 bits per heavy atom. The van der Waals surface area contributed by atoms with Crippen LogP contribution in [0, 0.1) is 0 Å². The third-order valence-corrected chi connectivity index (χ3v) is 10.0. The Balaban J connectivity index is 1.33. The van der Waals surface area contributed by atoms with E-state index in [0.29, 0.717) is 50.6 Å². The molecule has 39 heavy (non-hydrogen) atoms. The average Bonchev–Trinajstić information content (AvgIpc) is 3.46. The molecular formula is C26H36F2N6O4S. The molecule has 3 aliphatic rings. The predicted octanol–water partition coefficient (Wildman–Crippen LogP) is 3.02. The lowest BCUT2D eigenvalue weighted by Gasteiger charge is -2.31. The molecule has 0 amide bonds. The third-order valence-electron chi connectivity index (χ3n) is 8.42. The highest BCUT2D eigenvalue weighted by Gasteiger charge is 2.40. The number of fused-ring (bicyclic) bond motifs is 1. The quantitative estimate of drug-likeness (QED) is 0.525. The van der Waals surface area contributed by atoms with Gasteiger partial charge in [0.25, 0.3) is 12.0 Å². The fourth-order valence-corrected chi connectivity index (χ4v) is 7.36. The van der Waals surface area contributed by atoms with Crippen molar-refractivity contribution in [2.24, 2.45) is 0 Å². The van der Waals surface area contributed by atoms with E-state index in [1.807, 2.05) is 7.05 Å². The molecule has 2 aliphatic heterocycles. The molecule has 3 atom stereocenters. The largest absolute Gasteiger partial charge is 0.388 e. The van der Waals surface area contributed by atoms with E-state index < -0.39 is 39.2 Å². The number of sulfonamides is 1. The number of likely N-dealkylation sites (tertiary alicyclic amines) is 1. The van der Waals surface area contributed by atoms with Gasteiger partial charge in [-0.3, -0.25) is 14.3 Å². The summed E-state index contributed by atoms with van der Waals surface area (Å²) >= 11 is 0. The Labute approximate surface area is 226 Å².